The molecule has 0 spiro atoms. The van der Waals surface area contributed by atoms with Gasteiger partial charge >= 0.3 is 0 Å². The maximum atomic E-state index is 10.2. The molecule has 2 aromatic rings. The number of benzene rings is 2. The van der Waals surface area contributed by atoms with Crippen LogP contribution in [0, 0.1) is 0 Å². The van der Waals surface area contributed by atoms with Crippen LogP contribution in [0.2, 0.25) is 0 Å². The zero-order chi connectivity index (χ0) is 18.9. The average Bonchev–Trinajstić information content (AvgIpc) is 2.65. The number of ether oxygens (including phenoxy) is 1. The quantitative estimate of drug-likeness (QED) is 0.392. The first-order valence-electron chi connectivity index (χ1n) is 8.40. The van der Waals surface area contributed by atoms with Crippen LogP contribution in [0.15, 0.2) is 47.6 Å². The number of nitrogens with one attached hydrogen (secondary N) is 2. The fourth-order valence-electron chi connectivity index (χ4n) is 2.49. The molecule has 2 rings (SSSR count). The van der Waals surface area contributed by atoms with Crippen molar-refractivity contribution in [3.63, 3.8) is 0 Å². The number of hydrogen-bond donors (Lipinski definition) is 3. The van der Waals surface area contributed by atoms with Crippen molar-refractivity contribution in [2.75, 3.05) is 30.4 Å². The highest BCUT2D eigenvalue weighted by molar-refractivity contribution is 7.80. The van der Waals surface area contributed by atoms with Crippen LogP contribution in [0.3, 0.4) is 0 Å². The molecule has 26 heavy (non-hydrogen) atoms. The molecular weight excluding hydrogens is 348 g/mol. The van der Waals surface area contributed by atoms with E-state index in [1.807, 2.05) is 36.4 Å². The minimum atomic E-state index is 0.170. The number of para-hydroxylation sites is 2. The van der Waals surface area contributed by atoms with Crippen molar-refractivity contribution < 1.29 is 9.84 Å². The summed E-state index contributed by atoms with van der Waals surface area (Å²) < 4.78 is 5.26. The predicted molar refractivity (Wildman–Crippen MR) is 112 cm³/mol. The topological polar surface area (TPSA) is 69.1 Å². The number of phenols is 1. The molecule has 0 saturated heterocycles. The number of nitrogens with zero attached hydrogens (tertiary/aromatic N) is 2. The van der Waals surface area contributed by atoms with Gasteiger partial charge in [0.05, 0.1) is 19.0 Å². The van der Waals surface area contributed by atoms with Gasteiger partial charge in [0.15, 0.2) is 5.11 Å². The Hall–Kier alpha value is -2.80. The van der Waals surface area contributed by atoms with Gasteiger partial charge in [-0.1, -0.05) is 12.1 Å². The van der Waals surface area contributed by atoms with Gasteiger partial charge in [0.25, 0.3) is 0 Å². The van der Waals surface area contributed by atoms with E-state index in [2.05, 4.69) is 34.6 Å². The summed E-state index contributed by atoms with van der Waals surface area (Å²) in [5.74, 6) is 0.855. The summed E-state index contributed by atoms with van der Waals surface area (Å²) in [6, 6.07) is 13.0. The number of anilines is 2. The van der Waals surface area contributed by atoms with Crippen LogP contribution in [-0.2, 0) is 0 Å². The zero-order valence-corrected chi connectivity index (χ0v) is 16.0. The lowest BCUT2D eigenvalue weighted by molar-refractivity contribution is 0.417. The summed E-state index contributed by atoms with van der Waals surface area (Å²) in [6.45, 7) is 5.92. The van der Waals surface area contributed by atoms with Gasteiger partial charge in [-0.2, -0.15) is 5.10 Å². The second kappa shape index (κ2) is 9.62. The Balaban J connectivity index is 1.98. The summed E-state index contributed by atoms with van der Waals surface area (Å²) in [5.41, 5.74) is 5.06. The van der Waals surface area contributed by atoms with Crippen LogP contribution in [-0.4, -0.2) is 36.6 Å². The van der Waals surface area contributed by atoms with Gasteiger partial charge in [-0.3, -0.25) is 5.43 Å². The molecule has 0 aromatic heterocycles. The van der Waals surface area contributed by atoms with Crippen molar-refractivity contribution in [1.82, 2.24) is 5.43 Å². The van der Waals surface area contributed by atoms with E-state index in [4.69, 9.17) is 17.0 Å². The maximum absolute atomic E-state index is 10.2. The first kappa shape index (κ1) is 19.5. The lowest BCUT2D eigenvalue weighted by atomic mass is 10.2. The first-order valence-corrected chi connectivity index (χ1v) is 8.80. The smallest absolute Gasteiger partial charge is 0.191 e. The Morgan fingerprint density at radius 2 is 1.96 bits per heavy atom. The Labute approximate surface area is 159 Å². The summed E-state index contributed by atoms with van der Waals surface area (Å²) in [6.07, 6.45) is 1.53. The number of hydrazone groups is 1. The predicted octanol–water partition coefficient (Wildman–Crippen LogP) is 3.57. The second-order valence-electron chi connectivity index (χ2n) is 5.44. The molecule has 0 unspecified atom stereocenters. The van der Waals surface area contributed by atoms with Gasteiger partial charge in [-0.15, -0.1) is 0 Å². The standard InChI is InChI=1S/C19H24N4O2S/c1-4-23(5-2)15-11-10-14(17(24)12-15)13-20-22-19(26)21-16-8-6-7-9-18(16)25-3/h6-13,24H,4-5H2,1-3H3,(H2,21,22,26)/b20-13+. The molecule has 7 heteroatoms. The largest absolute Gasteiger partial charge is 0.507 e. The number of aromatic hydroxyl groups is 1. The number of hydrogen-bond acceptors (Lipinski definition) is 5. The fraction of sp³-hybridized carbons (Fsp3) is 0.263. The Bertz CT molecular complexity index is 776. The van der Waals surface area contributed by atoms with E-state index in [0.717, 1.165) is 24.5 Å². The number of phenolic OH excluding ortho intramolecular Hbond substituents is 1. The lowest BCUT2D eigenvalue weighted by Gasteiger charge is -2.21. The second-order valence-corrected chi connectivity index (χ2v) is 5.85. The highest BCUT2D eigenvalue weighted by atomic mass is 32.1. The monoisotopic (exact) mass is 372 g/mol. The highest BCUT2D eigenvalue weighted by Gasteiger charge is 2.06. The van der Waals surface area contributed by atoms with Crippen LogP contribution in [0.4, 0.5) is 11.4 Å². The minimum absolute atomic E-state index is 0.170. The van der Waals surface area contributed by atoms with Crippen molar-refractivity contribution in [3.05, 3.63) is 48.0 Å². The van der Waals surface area contributed by atoms with Crippen molar-refractivity contribution in [3.8, 4) is 11.5 Å². The van der Waals surface area contributed by atoms with Crippen molar-refractivity contribution in [1.29, 1.82) is 0 Å². The van der Waals surface area contributed by atoms with Gasteiger partial charge in [0, 0.05) is 30.4 Å². The third-order valence-corrected chi connectivity index (χ3v) is 4.06. The van der Waals surface area contributed by atoms with E-state index in [1.165, 1.54) is 6.21 Å². The van der Waals surface area contributed by atoms with Crippen LogP contribution in [0.1, 0.15) is 19.4 Å². The number of thiocarbonyl (C=S) groups is 1. The summed E-state index contributed by atoms with van der Waals surface area (Å²) in [5, 5.41) is 17.6. The third-order valence-electron chi connectivity index (χ3n) is 3.87. The maximum Gasteiger partial charge on any atom is 0.191 e. The zero-order valence-electron chi connectivity index (χ0n) is 15.2. The molecule has 0 aliphatic heterocycles. The first-order chi connectivity index (χ1) is 12.6. The van der Waals surface area contributed by atoms with E-state index in [-0.39, 0.29) is 5.75 Å². The van der Waals surface area contributed by atoms with Gasteiger partial charge < -0.3 is 20.1 Å². The molecule has 0 heterocycles. The molecule has 0 saturated carbocycles. The molecule has 0 atom stereocenters. The van der Waals surface area contributed by atoms with E-state index in [0.29, 0.717) is 16.4 Å². The number of methoxy groups -OCH3 is 1. The van der Waals surface area contributed by atoms with Crippen molar-refractivity contribution in [2.45, 2.75) is 13.8 Å². The molecule has 0 aliphatic rings. The highest BCUT2D eigenvalue weighted by Crippen LogP contribution is 2.24. The van der Waals surface area contributed by atoms with E-state index in [1.54, 1.807) is 13.2 Å². The molecule has 0 aliphatic carbocycles. The van der Waals surface area contributed by atoms with Crippen LogP contribution >= 0.6 is 12.2 Å². The normalized spacial score (nSPS) is 10.6. The molecule has 3 N–H and O–H groups in total. The molecule has 0 amide bonds. The summed E-state index contributed by atoms with van der Waals surface area (Å²) >= 11 is 5.22. The minimum Gasteiger partial charge on any atom is -0.507 e. The fourth-order valence-corrected chi connectivity index (χ4v) is 2.65. The molecule has 0 fully saturated rings. The summed E-state index contributed by atoms with van der Waals surface area (Å²) in [4.78, 5) is 2.16. The molecule has 6 nitrogen and oxygen atoms in total. The number of rotatable bonds is 7. The van der Waals surface area contributed by atoms with Crippen molar-refractivity contribution in [2.24, 2.45) is 5.10 Å². The van der Waals surface area contributed by atoms with Gasteiger partial charge in [0.2, 0.25) is 0 Å². The third kappa shape index (κ3) is 5.10. The van der Waals surface area contributed by atoms with Gasteiger partial charge in [-0.05, 0) is 50.3 Å². The molecule has 2 aromatic carbocycles. The van der Waals surface area contributed by atoms with Crippen molar-refractivity contribution >= 4 is 34.9 Å². The molecule has 0 bridgehead atoms. The molecule has 0 radical (unpaired) electrons. The van der Waals surface area contributed by atoms with Gasteiger partial charge in [0.1, 0.15) is 11.5 Å². The summed E-state index contributed by atoms with van der Waals surface area (Å²) in [7, 11) is 1.60. The van der Waals surface area contributed by atoms with E-state index < -0.39 is 0 Å². The van der Waals surface area contributed by atoms with E-state index in [9.17, 15) is 5.11 Å². The Kier molecular flexibility index (Phi) is 7.23. The SMILES string of the molecule is CCN(CC)c1ccc(/C=N/NC(=S)Nc2ccccc2OC)c(O)c1. The lowest BCUT2D eigenvalue weighted by Crippen LogP contribution is -2.24. The molecular formula is C19H24N4O2S. The Morgan fingerprint density at radius 1 is 1.23 bits per heavy atom. The average molecular weight is 372 g/mol. The van der Waals surface area contributed by atoms with Crippen LogP contribution in [0.5, 0.6) is 11.5 Å². The van der Waals surface area contributed by atoms with E-state index >= 15 is 0 Å². The van der Waals surface area contributed by atoms with Crippen LogP contribution < -0.4 is 20.4 Å². The molecule has 138 valence electrons. The Morgan fingerprint density at radius 3 is 2.62 bits per heavy atom. The van der Waals surface area contributed by atoms with Gasteiger partial charge in [-0.25, -0.2) is 0 Å². The van der Waals surface area contributed by atoms with Crippen LogP contribution in [0.25, 0.3) is 0 Å².